The van der Waals surface area contributed by atoms with E-state index in [1.165, 1.54) is 0 Å². The predicted molar refractivity (Wildman–Crippen MR) is 66.3 cm³/mol. The summed E-state index contributed by atoms with van der Waals surface area (Å²) >= 11 is 0. The van der Waals surface area contributed by atoms with Crippen LogP contribution in [0.4, 0.5) is 5.69 Å². The van der Waals surface area contributed by atoms with Crippen molar-refractivity contribution in [2.45, 2.75) is 18.2 Å². The van der Waals surface area contributed by atoms with Crippen LogP contribution in [0, 0.1) is 0 Å². The first-order chi connectivity index (χ1) is 7.61. The smallest absolute Gasteiger partial charge is 0.180 e. The van der Waals surface area contributed by atoms with E-state index in [-0.39, 0.29) is 5.75 Å². The van der Waals surface area contributed by atoms with Crippen molar-refractivity contribution in [1.29, 1.82) is 0 Å². The van der Waals surface area contributed by atoms with Crippen LogP contribution in [-0.2, 0) is 9.84 Å². The SMILES string of the molecule is CCS(=O)(=O)c1ccccc1NCCCN. The number of hydrogen-bond acceptors (Lipinski definition) is 4. The maximum absolute atomic E-state index is 11.8. The third-order valence-electron chi connectivity index (χ3n) is 2.30. The molecule has 0 aliphatic carbocycles. The Bertz CT molecular complexity index is 429. The van der Waals surface area contributed by atoms with Gasteiger partial charge >= 0.3 is 0 Å². The van der Waals surface area contributed by atoms with E-state index in [9.17, 15) is 8.42 Å². The largest absolute Gasteiger partial charge is 0.384 e. The zero-order valence-electron chi connectivity index (χ0n) is 9.44. The molecule has 0 saturated heterocycles. The van der Waals surface area contributed by atoms with Crippen molar-refractivity contribution in [1.82, 2.24) is 0 Å². The molecule has 0 aliphatic rings. The van der Waals surface area contributed by atoms with Crippen LogP contribution in [0.15, 0.2) is 29.2 Å². The fourth-order valence-corrected chi connectivity index (χ4v) is 2.44. The number of benzene rings is 1. The third kappa shape index (κ3) is 3.21. The maximum atomic E-state index is 11.8. The Balaban J connectivity index is 2.92. The number of hydrogen-bond donors (Lipinski definition) is 2. The van der Waals surface area contributed by atoms with Crippen molar-refractivity contribution < 1.29 is 8.42 Å². The highest BCUT2D eigenvalue weighted by molar-refractivity contribution is 7.91. The molecule has 0 bridgehead atoms. The Kier molecular flexibility index (Phi) is 4.76. The molecule has 16 heavy (non-hydrogen) atoms. The molecule has 1 aromatic rings. The van der Waals surface area contributed by atoms with Gasteiger partial charge in [-0.3, -0.25) is 0 Å². The van der Waals surface area contributed by atoms with Crippen LogP contribution >= 0.6 is 0 Å². The fourth-order valence-electron chi connectivity index (χ4n) is 1.36. The molecule has 0 radical (unpaired) electrons. The summed E-state index contributed by atoms with van der Waals surface area (Å²) in [4.78, 5) is 0.370. The van der Waals surface area contributed by atoms with Gasteiger partial charge in [-0.15, -0.1) is 0 Å². The van der Waals surface area contributed by atoms with Crippen molar-refractivity contribution in [2.24, 2.45) is 5.73 Å². The quantitative estimate of drug-likeness (QED) is 0.736. The van der Waals surface area contributed by atoms with Crippen LogP contribution in [-0.4, -0.2) is 27.3 Å². The van der Waals surface area contributed by atoms with Gasteiger partial charge in [0.15, 0.2) is 9.84 Å². The summed E-state index contributed by atoms with van der Waals surface area (Å²) in [5.41, 5.74) is 6.05. The van der Waals surface area contributed by atoms with Crippen LogP contribution in [0.25, 0.3) is 0 Å². The van der Waals surface area contributed by atoms with Crippen molar-refractivity contribution in [3.05, 3.63) is 24.3 Å². The minimum Gasteiger partial charge on any atom is -0.384 e. The van der Waals surface area contributed by atoms with Crippen molar-refractivity contribution in [3.8, 4) is 0 Å². The van der Waals surface area contributed by atoms with Crippen molar-refractivity contribution in [2.75, 3.05) is 24.2 Å². The molecule has 0 fully saturated rings. The second-order valence-corrected chi connectivity index (χ2v) is 5.72. The van der Waals surface area contributed by atoms with Gasteiger partial charge in [-0.1, -0.05) is 19.1 Å². The lowest BCUT2D eigenvalue weighted by Gasteiger charge is -2.11. The van der Waals surface area contributed by atoms with Gasteiger partial charge in [-0.2, -0.15) is 0 Å². The first kappa shape index (κ1) is 13.0. The van der Waals surface area contributed by atoms with Crippen LogP contribution in [0.2, 0.25) is 0 Å². The number of rotatable bonds is 6. The second kappa shape index (κ2) is 5.86. The molecule has 4 nitrogen and oxygen atoms in total. The minimum atomic E-state index is -3.16. The lowest BCUT2D eigenvalue weighted by atomic mass is 10.3. The molecule has 0 saturated carbocycles. The molecule has 0 aliphatic heterocycles. The number of para-hydroxylation sites is 1. The summed E-state index contributed by atoms with van der Waals surface area (Å²) in [5, 5.41) is 3.10. The summed E-state index contributed by atoms with van der Waals surface area (Å²) in [6, 6.07) is 6.96. The van der Waals surface area contributed by atoms with E-state index in [2.05, 4.69) is 5.32 Å². The normalized spacial score (nSPS) is 11.4. The monoisotopic (exact) mass is 242 g/mol. The fraction of sp³-hybridized carbons (Fsp3) is 0.455. The average molecular weight is 242 g/mol. The number of sulfone groups is 1. The highest BCUT2D eigenvalue weighted by Crippen LogP contribution is 2.21. The molecule has 3 N–H and O–H groups in total. The first-order valence-electron chi connectivity index (χ1n) is 5.37. The predicted octanol–water partition coefficient (Wildman–Crippen LogP) is 1.24. The molecule has 0 spiro atoms. The second-order valence-electron chi connectivity index (χ2n) is 3.47. The Labute approximate surface area is 96.8 Å². The molecule has 0 unspecified atom stereocenters. The minimum absolute atomic E-state index is 0.114. The van der Waals surface area contributed by atoms with Gasteiger partial charge in [-0.05, 0) is 25.1 Å². The van der Waals surface area contributed by atoms with Crippen LogP contribution in [0.1, 0.15) is 13.3 Å². The van der Waals surface area contributed by atoms with E-state index in [1.807, 2.05) is 6.07 Å². The Hall–Kier alpha value is -1.07. The molecule has 5 heteroatoms. The van der Waals surface area contributed by atoms with Gasteiger partial charge in [0.1, 0.15) is 0 Å². The highest BCUT2D eigenvalue weighted by atomic mass is 32.2. The van der Waals surface area contributed by atoms with Gasteiger partial charge in [0.25, 0.3) is 0 Å². The van der Waals surface area contributed by atoms with E-state index in [0.717, 1.165) is 6.42 Å². The zero-order valence-corrected chi connectivity index (χ0v) is 10.3. The molecular weight excluding hydrogens is 224 g/mol. The van der Waals surface area contributed by atoms with Gasteiger partial charge in [0.05, 0.1) is 16.3 Å². The van der Waals surface area contributed by atoms with E-state index < -0.39 is 9.84 Å². The van der Waals surface area contributed by atoms with Gasteiger partial charge < -0.3 is 11.1 Å². The van der Waals surface area contributed by atoms with Crippen molar-refractivity contribution in [3.63, 3.8) is 0 Å². The lowest BCUT2D eigenvalue weighted by Crippen LogP contribution is -2.12. The lowest BCUT2D eigenvalue weighted by molar-refractivity contribution is 0.597. The van der Waals surface area contributed by atoms with Crippen LogP contribution in [0.5, 0.6) is 0 Å². The van der Waals surface area contributed by atoms with E-state index in [0.29, 0.717) is 23.7 Å². The highest BCUT2D eigenvalue weighted by Gasteiger charge is 2.15. The molecule has 0 atom stereocenters. The van der Waals surface area contributed by atoms with Crippen LogP contribution in [0.3, 0.4) is 0 Å². The average Bonchev–Trinajstić information content (AvgIpc) is 2.30. The maximum Gasteiger partial charge on any atom is 0.180 e. The summed E-state index contributed by atoms with van der Waals surface area (Å²) in [6.07, 6.45) is 0.820. The number of anilines is 1. The molecule has 90 valence electrons. The van der Waals surface area contributed by atoms with E-state index >= 15 is 0 Å². The van der Waals surface area contributed by atoms with Gasteiger partial charge in [-0.25, -0.2) is 8.42 Å². The molecule has 0 aromatic heterocycles. The van der Waals surface area contributed by atoms with E-state index in [1.54, 1.807) is 25.1 Å². The van der Waals surface area contributed by atoms with E-state index in [4.69, 9.17) is 5.73 Å². The standard InChI is InChI=1S/C11H18N2O2S/c1-2-16(14,15)11-7-4-3-6-10(11)13-9-5-8-12/h3-4,6-7,13H,2,5,8-9,12H2,1H3. The topological polar surface area (TPSA) is 72.2 Å². The molecule has 1 rings (SSSR count). The van der Waals surface area contributed by atoms with Crippen LogP contribution < -0.4 is 11.1 Å². The molecule has 1 aromatic carbocycles. The summed E-state index contributed by atoms with van der Waals surface area (Å²) in [6.45, 7) is 2.93. The van der Waals surface area contributed by atoms with Gasteiger partial charge in [0.2, 0.25) is 0 Å². The Morgan fingerprint density at radius 3 is 2.62 bits per heavy atom. The van der Waals surface area contributed by atoms with Gasteiger partial charge in [0, 0.05) is 6.54 Å². The zero-order chi connectivity index (χ0) is 12.0. The Morgan fingerprint density at radius 2 is 2.00 bits per heavy atom. The molecular formula is C11H18N2O2S. The van der Waals surface area contributed by atoms with Crippen molar-refractivity contribution >= 4 is 15.5 Å². The summed E-state index contributed by atoms with van der Waals surface area (Å²) in [7, 11) is -3.16. The third-order valence-corrected chi connectivity index (χ3v) is 4.08. The number of nitrogens with two attached hydrogens (primary N) is 1. The molecule has 0 amide bonds. The Morgan fingerprint density at radius 1 is 1.31 bits per heavy atom. The number of nitrogens with one attached hydrogen (secondary N) is 1. The summed E-state index contributed by atoms with van der Waals surface area (Å²) in [5.74, 6) is 0.114. The first-order valence-corrected chi connectivity index (χ1v) is 7.02. The molecule has 0 heterocycles. The summed E-state index contributed by atoms with van der Waals surface area (Å²) < 4.78 is 23.6.